The summed E-state index contributed by atoms with van der Waals surface area (Å²) < 4.78 is 42.4. The van der Waals surface area contributed by atoms with Crippen molar-refractivity contribution in [3.8, 4) is 17.0 Å². The lowest BCUT2D eigenvalue weighted by molar-refractivity contribution is 0.0956. The number of benzene rings is 3. The summed E-state index contributed by atoms with van der Waals surface area (Å²) in [5, 5.41) is 8.39. The molecule has 43 heavy (non-hydrogen) atoms. The van der Waals surface area contributed by atoms with Crippen molar-refractivity contribution in [3.63, 3.8) is 0 Å². The molecule has 6 rings (SSSR count). The molecule has 0 spiro atoms. The van der Waals surface area contributed by atoms with Gasteiger partial charge in [0.25, 0.3) is 16.0 Å². The van der Waals surface area contributed by atoms with E-state index in [0.29, 0.717) is 43.6 Å². The molecule has 12 heteroatoms. The summed E-state index contributed by atoms with van der Waals surface area (Å²) >= 11 is 19.7. The molecule has 3 aromatic carbocycles. The average molecular weight is 662 g/mol. The Morgan fingerprint density at radius 3 is 2.37 bits per heavy atom. The molecule has 2 fully saturated rings. The van der Waals surface area contributed by atoms with Crippen molar-refractivity contribution < 1.29 is 27.0 Å². The topological polar surface area (TPSA) is 119 Å². The molecule has 4 aromatic rings. The van der Waals surface area contributed by atoms with Crippen molar-refractivity contribution in [3.05, 3.63) is 104 Å². The van der Waals surface area contributed by atoms with Crippen LogP contribution in [0.2, 0.25) is 15.1 Å². The average Bonchev–Trinajstić information content (AvgIpc) is 3.90. The van der Waals surface area contributed by atoms with Gasteiger partial charge >= 0.3 is 0 Å². The number of rotatable bonds is 11. The van der Waals surface area contributed by atoms with Crippen LogP contribution in [0.5, 0.6) is 5.75 Å². The van der Waals surface area contributed by atoms with Gasteiger partial charge in [0.15, 0.2) is 0 Å². The predicted octanol–water partition coefficient (Wildman–Crippen LogP) is 7.65. The number of nitrogens with zero attached hydrogens (tertiary/aromatic N) is 1. The molecule has 2 atom stereocenters. The Kier molecular flexibility index (Phi) is 8.45. The van der Waals surface area contributed by atoms with E-state index in [0.717, 1.165) is 41.7 Å². The van der Waals surface area contributed by atoms with Gasteiger partial charge in [0.05, 0.1) is 21.4 Å². The van der Waals surface area contributed by atoms with Crippen molar-refractivity contribution in [2.24, 2.45) is 0 Å². The summed E-state index contributed by atoms with van der Waals surface area (Å²) in [4.78, 5) is 12.3. The number of carbonyl (C=O) groups is 1. The summed E-state index contributed by atoms with van der Waals surface area (Å²) in [6.45, 7) is 0.0591. The number of hydrogen-bond acceptors (Lipinski definition) is 6. The molecule has 0 bridgehead atoms. The third kappa shape index (κ3) is 6.86. The van der Waals surface area contributed by atoms with E-state index in [4.69, 9.17) is 48.6 Å². The summed E-state index contributed by atoms with van der Waals surface area (Å²) in [5.74, 6) is 1.30. The zero-order valence-electron chi connectivity index (χ0n) is 22.7. The molecule has 224 valence electrons. The van der Waals surface area contributed by atoms with Crippen LogP contribution in [-0.4, -0.2) is 36.3 Å². The summed E-state index contributed by atoms with van der Waals surface area (Å²) in [7, 11) is -4.13. The first-order chi connectivity index (χ1) is 20.6. The first-order valence-electron chi connectivity index (χ1n) is 13.8. The van der Waals surface area contributed by atoms with E-state index >= 15 is 0 Å². The Hall–Kier alpha value is -3.08. The largest absolute Gasteiger partial charge is 0.489 e. The fraction of sp³-hybridized carbons (Fsp3) is 0.290. The molecule has 2 unspecified atom stereocenters. The highest BCUT2D eigenvalue weighted by Crippen LogP contribution is 2.56. The van der Waals surface area contributed by atoms with Gasteiger partial charge in [-0.25, -0.2) is 0 Å². The van der Waals surface area contributed by atoms with Gasteiger partial charge in [-0.1, -0.05) is 64.2 Å². The van der Waals surface area contributed by atoms with Crippen LogP contribution >= 0.6 is 34.8 Å². The van der Waals surface area contributed by atoms with Gasteiger partial charge in [0.1, 0.15) is 23.8 Å². The van der Waals surface area contributed by atoms with Gasteiger partial charge in [-0.3, -0.25) is 9.35 Å². The second-order valence-corrected chi connectivity index (χ2v) is 13.6. The molecule has 0 saturated heterocycles. The molecule has 1 aromatic heterocycles. The van der Waals surface area contributed by atoms with Crippen LogP contribution in [0.1, 0.15) is 69.8 Å². The van der Waals surface area contributed by atoms with Crippen LogP contribution in [0.15, 0.2) is 65.2 Å². The Bertz CT molecular complexity index is 1770. The van der Waals surface area contributed by atoms with E-state index in [9.17, 15) is 13.2 Å². The lowest BCUT2D eigenvalue weighted by Gasteiger charge is -2.11. The smallest absolute Gasteiger partial charge is 0.266 e. The van der Waals surface area contributed by atoms with E-state index in [1.165, 1.54) is 0 Å². The molecule has 2 saturated carbocycles. The SMILES string of the molecule is O=C(NCCS(=O)(=O)O)c1ccc(C2CC2c2ccc(OCc3c(-c4c(Cl)cccc4Cl)noc3C3CC3)cc2Cl)cc1. The van der Waals surface area contributed by atoms with Gasteiger partial charge in [-0.15, -0.1) is 0 Å². The minimum absolute atomic E-state index is 0.167. The van der Waals surface area contributed by atoms with E-state index in [1.54, 1.807) is 30.3 Å². The Morgan fingerprint density at radius 2 is 1.72 bits per heavy atom. The molecule has 1 amide bonds. The van der Waals surface area contributed by atoms with Gasteiger partial charge < -0.3 is 14.6 Å². The first kappa shape index (κ1) is 30.0. The van der Waals surface area contributed by atoms with E-state index in [-0.39, 0.29) is 25.0 Å². The molecule has 1 heterocycles. The van der Waals surface area contributed by atoms with Crippen molar-refractivity contribution in [2.75, 3.05) is 12.3 Å². The van der Waals surface area contributed by atoms with Crippen molar-refractivity contribution >= 4 is 50.8 Å². The van der Waals surface area contributed by atoms with E-state index < -0.39 is 21.8 Å². The monoisotopic (exact) mass is 660 g/mol. The summed E-state index contributed by atoms with van der Waals surface area (Å²) in [6, 6.07) is 18.2. The lowest BCUT2D eigenvalue weighted by atomic mass is 10.0. The van der Waals surface area contributed by atoms with E-state index in [2.05, 4.69) is 10.5 Å². The van der Waals surface area contributed by atoms with E-state index in [1.807, 2.05) is 30.3 Å². The van der Waals surface area contributed by atoms with Crippen LogP contribution in [0.25, 0.3) is 11.3 Å². The highest BCUT2D eigenvalue weighted by atomic mass is 35.5. The minimum atomic E-state index is -4.13. The van der Waals surface area contributed by atoms with Crippen LogP contribution in [0.4, 0.5) is 0 Å². The molecule has 0 aliphatic heterocycles. The first-order valence-corrected chi connectivity index (χ1v) is 16.5. The third-order valence-electron chi connectivity index (χ3n) is 7.76. The maximum Gasteiger partial charge on any atom is 0.266 e. The highest BCUT2D eigenvalue weighted by Gasteiger charge is 2.40. The number of aromatic nitrogens is 1. The predicted molar refractivity (Wildman–Crippen MR) is 165 cm³/mol. The number of halogens is 3. The normalized spacial score (nSPS) is 18.0. The second-order valence-electron chi connectivity index (χ2n) is 10.8. The molecule has 2 aliphatic rings. The highest BCUT2D eigenvalue weighted by molar-refractivity contribution is 7.85. The fourth-order valence-electron chi connectivity index (χ4n) is 5.29. The number of ether oxygens (including phenoxy) is 1. The van der Waals surface area contributed by atoms with Crippen molar-refractivity contribution in [1.29, 1.82) is 0 Å². The molecule has 8 nitrogen and oxygen atoms in total. The Morgan fingerprint density at radius 1 is 1.00 bits per heavy atom. The van der Waals surface area contributed by atoms with Crippen molar-refractivity contribution in [2.45, 2.75) is 43.6 Å². The number of carbonyl (C=O) groups excluding carboxylic acids is 1. The quantitative estimate of drug-likeness (QED) is 0.159. The Balaban J connectivity index is 1.11. The molecule has 2 N–H and O–H groups in total. The number of amides is 1. The zero-order valence-corrected chi connectivity index (χ0v) is 25.8. The maximum atomic E-state index is 12.3. The third-order valence-corrected chi connectivity index (χ3v) is 9.44. The molecule has 2 aliphatic carbocycles. The molecular formula is C31H27Cl3N2O6S. The molecule has 0 radical (unpaired) electrons. The second kappa shape index (κ2) is 12.1. The Labute approximate surface area is 264 Å². The number of nitrogens with one attached hydrogen (secondary N) is 1. The molecular weight excluding hydrogens is 635 g/mol. The summed E-state index contributed by atoms with van der Waals surface area (Å²) in [6.07, 6.45) is 3.00. The van der Waals surface area contributed by atoms with Crippen molar-refractivity contribution in [1.82, 2.24) is 10.5 Å². The maximum absolute atomic E-state index is 12.3. The van der Waals surface area contributed by atoms with Crippen LogP contribution < -0.4 is 10.1 Å². The summed E-state index contributed by atoms with van der Waals surface area (Å²) in [5.41, 5.74) is 4.56. The zero-order chi connectivity index (χ0) is 30.3. The van der Waals surface area contributed by atoms with Gasteiger partial charge in [0.2, 0.25) is 0 Å². The van der Waals surface area contributed by atoms with Gasteiger partial charge in [0, 0.05) is 28.6 Å². The minimum Gasteiger partial charge on any atom is -0.489 e. The fourth-order valence-corrected chi connectivity index (χ4v) is 6.53. The lowest BCUT2D eigenvalue weighted by Crippen LogP contribution is -2.28. The van der Waals surface area contributed by atoms with Crippen LogP contribution in [-0.2, 0) is 16.7 Å². The van der Waals surface area contributed by atoms with Crippen LogP contribution in [0, 0.1) is 0 Å². The van der Waals surface area contributed by atoms with Gasteiger partial charge in [-0.05, 0) is 78.6 Å². The number of hydrogen-bond donors (Lipinski definition) is 2. The van der Waals surface area contributed by atoms with Gasteiger partial charge in [-0.2, -0.15) is 8.42 Å². The standard InChI is InChI=1S/C31H27Cl3N2O6S/c32-25-2-1-3-26(33)28(25)29-24(30(42-36-29)18-6-7-18)16-41-20-10-11-21(27(34)14-20)23-15-22(23)17-4-8-19(9-5-17)31(37)35-12-13-43(38,39)40/h1-5,8-11,14,18,22-23H,6-7,12-13,15-16H2,(H,35,37)(H,38,39,40). The van der Waals surface area contributed by atoms with Crippen LogP contribution in [0.3, 0.4) is 0 Å².